The minimum absolute atomic E-state index is 0.181. The number of hydrogen-bond donors (Lipinski definition) is 2. The van der Waals surface area contributed by atoms with Crippen molar-refractivity contribution in [1.82, 2.24) is 10.2 Å². The maximum Gasteiger partial charge on any atom is 0.490 e. The summed E-state index contributed by atoms with van der Waals surface area (Å²) in [7, 11) is 0. The largest absolute Gasteiger partial charge is 0.490 e. The Kier molecular flexibility index (Phi) is 8.08. The summed E-state index contributed by atoms with van der Waals surface area (Å²) in [6, 6.07) is 0. The molecule has 1 amide bonds. The second kappa shape index (κ2) is 8.70. The molecular formula is C10H17F3N2O4. The number of carbonyl (C=O) groups is 2. The maximum absolute atomic E-state index is 11.2. The molecule has 0 aromatic heterocycles. The molecule has 2 N–H and O–H groups in total. The number of ether oxygens (including phenoxy) is 1. The first kappa shape index (κ1) is 17.6. The molecule has 1 aliphatic heterocycles. The van der Waals surface area contributed by atoms with E-state index in [1.807, 2.05) is 11.8 Å². The summed E-state index contributed by atoms with van der Waals surface area (Å²) in [5.41, 5.74) is 0. The van der Waals surface area contributed by atoms with E-state index in [1.54, 1.807) is 0 Å². The van der Waals surface area contributed by atoms with Crippen molar-refractivity contribution in [3.8, 4) is 0 Å². The Labute approximate surface area is 108 Å². The van der Waals surface area contributed by atoms with Gasteiger partial charge in [0.25, 0.3) is 0 Å². The number of alkyl halides is 3. The lowest BCUT2D eigenvalue weighted by Gasteiger charge is -2.27. The van der Waals surface area contributed by atoms with Crippen LogP contribution in [0, 0.1) is 0 Å². The zero-order valence-corrected chi connectivity index (χ0v) is 10.5. The molecule has 0 bridgehead atoms. The van der Waals surface area contributed by atoms with Crippen molar-refractivity contribution < 1.29 is 32.6 Å². The van der Waals surface area contributed by atoms with Gasteiger partial charge in [0.05, 0.1) is 13.2 Å². The first-order valence-electron chi connectivity index (χ1n) is 5.65. The van der Waals surface area contributed by atoms with Crippen molar-refractivity contribution in [3.63, 3.8) is 0 Å². The van der Waals surface area contributed by atoms with Gasteiger partial charge in [0.2, 0.25) is 5.91 Å². The van der Waals surface area contributed by atoms with E-state index in [1.165, 1.54) is 0 Å². The summed E-state index contributed by atoms with van der Waals surface area (Å²) in [6.07, 6.45) is -5.08. The van der Waals surface area contributed by atoms with Gasteiger partial charge in [-0.15, -0.1) is 0 Å². The van der Waals surface area contributed by atoms with Gasteiger partial charge in [-0.2, -0.15) is 13.2 Å². The number of carboxylic acid groups (broad SMARTS) is 1. The molecule has 9 heteroatoms. The van der Waals surface area contributed by atoms with E-state index in [2.05, 4.69) is 5.32 Å². The van der Waals surface area contributed by atoms with Gasteiger partial charge in [0.15, 0.2) is 0 Å². The highest BCUT2D eigenvalue weighted by atomic mass is 19.4. The van der Waals surface area contributed by atoms with Crippen molar-refractivity contribution in [1.29, 1.82) is 0 Å². The van der Waals surface area contributed by atoms with E-state index >= 15 is 0 Å². The zero-order chi connectivity index (χ0) is 14.9. The van der Waals surface area contributed by atoms with E-state index in [9.17, 15) is 18.0 Å². The third-order valence-corrected chi connectivity index (χ3v) is 2.14. The highest BCUT2D eigenvalue weighted by Crippen LogP contribution is 2.13. The van der Waals surface area contributed by atoms with Crippen LogP contribution in [0.15, 0.2) is 0 Å². The van der Waals surface area contributed by atoms with Crippen molar-refractivity contribution in [2.24, 2.45) is 0 Å². The lowest BCUT2D eigenvalue weighted by Crippen LogP contribution is -2.49. The summed E-state index contributed by atoms with van der Waals surface area (Å²) >= 11 is 0. The minimum atomic E-state index is -5.08. The van der Waals surface area contributed by atoms with Crippen LogP contribution < -0.4 is 5.32 Å². The van der Waals surface area contributed by atoms with Gasteiger partial charge in [-0.25, -0.2) is 4.79 Å². The van der Waals surface area contributed by atoms with Gasteiger partial charge in [-0.3, -0.25) is 4.79 Å². The molecule has 0 aliphatic carbocycles. The van der Waals surface area contributed by atoms with E-state index in [0.29, 0.717) is 13.2 Å². The van der Waals surface area contributed by atoms with Crippen molar-refractivity contribution in [3.05, 3.63) is 0 Å². The summed E-state index contributed by atoms with van der Waals surface area (Å²) in [6.45, 7) is 6.26. The second-order valence-electron chi connectivity index (χ2n) is 3.56. The number of amides is 1. The standard InChI is InChI=1S/C8H16N2O2.C2HF3O2/c1-2-12-6-5-10-4-3-9-7-8(10)11;3-2(4,5)1(6)7/h9H,2-7H2,1H3;(H,6,7). The number of piperazine rings is 1. The van der Waals surface area contributed by atoms with E-state index in [0.717, 1.165) is 26.2 Å². The van der Waals surface area contributed by atoms with Crippen molar-refractivity contribution in [2.45, 2.75) is 13.1 Å². The number of hydrogen-bond acceptors (Lipinski definition) is 4. The van der Waals surface area contributed by atoms with Gasteiger partial charge in [0, 0.05) is 26.2 Å². The normalized spacial score (nSPS) is 15.8. The molecule has 1 rings (SSSR count). The topological polar surface area (TPSA) is 78.9 Å². The Hall–Kier alpha value is -1.35. The summed E-state index contributed by atoms with van der Waals surface area (Å²) in [5, 5.41) is 10.1. The quantitative estimate of drug-likeness (QED) is 0.716. The zero-order valence-electron chi connectivity index (χ0n) is 10.5. The predicted octanol–water partition coefficient (Wildman–Crippen LogP) is 0.0880. The molecule has 1 aliphatic rings. The number of rotatable bonds is 4. The molecule has 0 radical (unpaired) electrons. The number of halogens is 3. The highest BCUT2D eigenvalue weighted by Gasteiger charge is 2.38. The number of nitrogens with one attached hydrogen (secondary N) is 1. The molecule has 19 heavy (non-hydrogen) atoms. The Morgan fingerprint density at radius 1 is 1.53 bits per heavy atom. The molecule has 0 atom stereocenters. The van der Waals surface area contributed by atoms with E-state index in [-0.39, 0.29) is 5.91 Å². The van der Waals surface area contributed by atoms with Crippen LogP contribution in [0.4, 0.5) is 13.2 Å². The third-order valence-electron chi connectivity index (χ3n) is 2.14. The molecule has 1 fully saturated rings. The van der Waals surface area contributed by atoms with Crippen LogP contribution in [0.1, 0.15) is 6.92 Å². The van der Waals surface area contributed by atoms with Gasteiger partial charge >= 0.3 is 12.1 Å². The van der Waals surface area contributed by atoms with Crippen molar-refractivity contribution in [2.75, 3.05) is 39.4 Å². The molecule has 1 saturated heterocycles. The van der Waals surface area contributed by atoms with Crippen LogP contribution in [0.3, 0.4) is 0 Å². The van der Waals surface area contributed by atoms with Gasteiger partial charge in [0.1, 0.15) is 0 Å². The summed E-state index contributed by atoms with van der Waals surface area (Å²) in [5.74, 6) is -2.58. The monoisotopic (exact) mass is 286 g/mol. The Morgan fingerprint density at radius 3 is 2.53 bits per heavy atom. The fourth-order valence-corrected chi connectivity index (χ4v) is 1.20. The van der Waals surface area contributed by atoms with E-state index < -0.39 is 12.1 Å². The van der Waals surface area contributed by atoms with Crippen molar-refractivity contribution >= 4 is 11.9 Å². The summed E-state index contributed by atoms with van der Waals surface area (Å²) < 4.78 is 36.9. The van der Waals surface area contributed by atoms with Crippen LogP contribution in [-0.2, 0) is 14.3 Å². The minimum Gasteiger partial charge on any atom is -0.475 e. The average Bonchev–Trinajstić information content (AvgIpc) is 2.31. The smallest absolute Gasteiger partial charge is 0.475 e. The molecule has 0 saturated carbocycles. The molecule has 1 heterocycles. The average molecular weight is 286 g/mol. The molecule has 0 aromatic rings. The molecule has 0 aromatic carbocycles. The van der Waals surface area contributed by atoms with Crippen LogP contribution >= 0.6 is 0 Å². The maximum atomic E-state index is 11.2. The number of aliphatic carboxylic acids is 1. The number of carboxylic acids is 1. The fraction of sp³-hybridized carbons (Fsp3) is 0.800. The number of nitrogens with zero attached hydrogens (tertiary/aromatic N) is 1. The van der Waals surface area contributed by atoms with Crippen LogP contribution in [-0.4, -0.2) is 67.5 Å². The molecular weight excluding hydrogens is 269 g/mol. The molecule has 0 unspecified atom stereocenters. The Balaban J connectivity index is 0.000000399. The Bertz CT molecular complexity index is 297. The first-order valence-corrected chi connectivity index (χ1v) is 5.65. The second-order valence-corrected chi connectivity index (χ2v) is 3.56. The summed E-state index contributed by atoms with van der Waals surface area (Å²) in [4.78, 5) is 21.9. The van der Waals surface area contributed by atoms with Crippen LogP contribution in [0.5, 0.6) is 0 Å². The van der Waals surface area contributed by atoms with E-state index in [4.69, 9.17) is 14.6 Å². The highest BCUT2D eigenvalue weighted by molar-refractivity contribution is 5.78. The van der Waals surface area contributed by atoms with Crippen LogP contribution in [0.2, 0.25) is 0 Å². The molecule has 6 nitrogen and oxygen atoms in total. The van der Waals surface area contributed by atoms with Gasteiger partial charge < -0.3 is 20.1 Å². The predicted molar refractivity (Wildman–Crippen MR) is 59.6 cm³/mol. The lowest BCUT2D eigenvalue weighted by molar-refractivity contribution is -0.192. The SMILES string of the molecule is CCOCCN1CCNCC1=O.O=C(O)C(F)(F)F. The lowest BCUT2D eigenvalue weighted by atomic mass is 10.3. The first-order chi connectivity index (χ1) is 8.79. The molecule has 112 valence electrons. The third kappa shape index (κ3) is 8.38. The number of carbonyl (C=O) groups excluding carboxylic acids is 1. The van der Waals surface area contributed by atoms with Crippen LogP contribution in [0.25, 0.3) is 0 Å². The fourth-order valence-electron chi connectivity index (χ4n) is 1.20. The van der Waals surface area contributed by atoms with Gasteiger partial charge in [-0.1, -0.05) is 0 Å². The Morgan fingerprint density at radius 2 is 2.11 bits per heavy atom. The van der Waals surface area contributed by atoms with Gasteiger partial charge in [-0.05, 0) is 6.92 Å². The molecule has 0 spiro atoms.